The van der Waals surface area contributed by atoms with Gasteiger partial charge in [0.2, 0.25) is 5.91 Å². The normalized spacial score (nSPS) is 15.7. The summed E-state index contributed by atoms with van der Waals surface area (Å²) in [4.78, 5) is 28.1. The summed E-state index contributed by atoms with van der Waals surface area (Å²) < 4.78 is 0. The Kier molecular flexibility index (Phi) is 8.64. The van der Waals surface area contributed by atoms with E-state index in [-0.39, 0.29) is 22.5 Å². The fraction of sp³-hybridized carbons (Fsp3) is 0.387. The maximum atomic E-state index is 13.3. The summed E-state index contributed by atoms with van der Waals surface area (Å²) in [6.07, 6.45) is 3.55. The Morgan fingerprint density at radius 1 is 1.16 bits per heavy atom. The summed E-state index contributed by atoms with van der Waals surface area (Å²) in [5.41, 5.74) is 4.28. The van der Waals surface area contributed by atoms with Gasteiger partial charge >= 0.3 is 0 Å². The van der Waals surface area contributed by atoms with Gasteiger partial charge in [-0.3, -0.25) is 9.59 Å². The molecule has 0 radical (unpaired) electrons. The molecule has 0 saturated carbocycles. The van der Waals surface area contributed by atoms with Gasteiger partial charge in [-0.15, -0.1) is 23.1 Å². The van der Waals surface area contributed by atoms with E-state index in [1.54, 1.807) is 17.4 Å². The lowest BCUT2D eigenvalue weighted by molar-refractivity contribution is -0.115. The lowest BCUT2D eigenvalue weighted by atomic mass is 9.72. The molecule has 7 heteroatoms. The minimum atomic E-state index is -0.328. The second kappa shape index (κ2) is 11.8. The molecule has 1 heterocycles. The highest BCUT2D eigenvalue weighted by Crippen LogP contribution is 2.44. The molecule has 2 amide bonds. The van der Waals surface area contributed by atoms with Gasteiger partial charge < -0.3 is 10.6 Å². The summed E-state index contributed by atoms with van der Waals surface area (Å²) in [6.45, 7) is 10.8. The van der Waals surface area contributed by atoms with E-state index in [0.29, 0.717) is 34.2 Å². The number of nitrogens with one attached hydrogen (secondary N) is 2. The van der Waals surface area contributed by atoms with Crippen LogP contribution in [0.2, 0.25) is 0 Å². The number of anilines is 2. The quantitative estimate of drug-likeness (QED) is 0.296. The first kappa shape index (κ1) is 27.9. The van der Waals surface area contributed by atoms with Gasteiger partial charge in [0.05, 0.1) is 10.8 Å². The van der Waals surface area contributed by atoms with Crippen LogP contribution < -0.4 is 10.6 Å². The van der Waals surface area contributed by atoms with Crippen molar-refractivity contribution in [1.29, 1.82) is 5.26 Å². The second-order valence-electron chi connectivity index (χ2n) is 11.0. The molecule has 0 saturated heterocycles. The molecular weight excluding hydrogens is 510 g/mol. The van der Waals surface area contributed by atoms with Crippen molar-refractivity contribution in [3.05, 3.63) is 75.7 Å². The predicted octanol–water partition coefficient (Wildman–Crippen LogP) is 7.84. The number of carbonyl (C=O) groups is 2. The van der Waals surface area contributed by atoms with Crippen LogP contribution in [0.5, 0.6) is 0 Å². The van der Waals surface area contributed by atoms with Crippen LogP contribution in [0.3, 0.4) is 0 Å². The first-order chi connectivity index (χ1) is 18.1. The maximum absolute atomic E-state index is 13.3. The zero-order valence-corrected chi connectivity index (χ0v) is 24.3. The fourth-order valence-corrected chi connectivity index (χ4v) is 7.14. The van der Waals surface area contributed by atoms with E-state index in [9.17, 15) is 14.9 Å². The van der Waals surface area contributed by atoms with Crippen LogP contribution in [-0.2, 0) is 17.6 Å². The molecule has 2 N–H and O–H groups in total. The number of hydrogen-bond acceptors (Lipinski definition) is 5. The van der Waals surface area contributed by atoms with Crippen molar-refractivity contribution in [2.75, 3.05) is 10.6 Å². The molecule has 5 nitrogen and oxygen atoms in total. The van der Waals surface area contributed by atoms with Crippen molar-refractivity contribution in [1.82, 2.24) is 0 Å². The molecule has 38 heavy (non-hydrogen) atoms. The average molecular weight is 546 g/mol. The monoisotopic (exact) mass is 545 g/mol. The number of amides is 2. The standard InChI is InChI=1S/C31H35N3O2S2/c1-6-26(37-23-12-8-11-22(17-23)33-28(35)20-10-7-9-19(2)15-20)29(36)34-30-25(18-32)24-14-13-21(31(3,4)5)16-27(24)38-30/h7-12,15,17,21,26H,6,13-14,16H2,1-5H3,(H,33,35)(H,34,36). The molecule has 3 aromatic rings. The van der Waals surface area contributed by atoms with E-state index in [0.717, 1.165) is 35.3 Å². The second-order valence-corrected chi connectivity index (χ2v) is 13.4. The predicted molar refractivity (Wildman–Crippen MR) is 158 cm³/mol. The molecule has 2 unspecified atom stereocenters. The van der Waals surface area contributed by atoms with Crippen LogP contribution in [0.1, 0.15) is 72.5 Å². The first-order valence-electron chi connectivity index (χ1n) is 13.1. The lowest BCUT2D eigenvalue weighted by Crippen LogP contribution is -2.26. The molecule has 4 rings (SSSR count). The Morgan fingerprint density at radius 3 is 2.61 bits per heavy atom. The molecule has 198 valence electrons. The van der Waals surface area contributed by atoms with E-state index >= 15 is 0 Å². The Balaban J connectivity index is 1.45. The van der Waals surface area contributed by atoms with Crippen molar-refractivity contribution in [2.24, 2.45) is 11.3 Å². The number of fused-ring (bicyclic) bond motifs is 1. The van der Waals surface area contributed by atoms with Crippen LogP contribution in [0.15, 0.2) is 53.4 Å². The van der Waals surface area contributed by atoms with Crippen molar-refractivity contribution in [3.8, 4) is 6.07 Å². The average Bonchev–Trinajstić information content (AvgIpc) is 3.23. The minimum Gasteiger partial charge on any atom is -0.322 e. The third kappa shape index (κ3) is 6.48. The van der Waals surface area contributed by atoms with Gasteiger partial charge in [-0.05, 0) is 79.8 Å². The molecule has 0 spiro atoms. The van der Waals surface area contributed by atoms with E-state index in [1.165, 1.54) is 16.6 Å². The Morgan fingerprint density at radius 2 is 1.92 bits per heavy atom. The van der Waals surface area contributed by atoms with Gasteiger partial charge in [-0.1, -0.05) is 51.5 Å². The number of thioether (sulfide) groups is 1. The smallest absolute Gasteiger partial charge is 0.255 e. The van der Waals surface area contributed by atoms with E-state index in [2.05, 4.69) is 37.5 Å². The van der Waals surface area contributed by atoms with Crippen LogP contribution in [0.4, 0.5) is 10.7 Å². The molecule has 0 fully saturated rings. The first-order valence-corrected chi connectivity index (χ1v) is 14.8. The third-order valence-corrected chi connectivity index (χ3v) is 9.68. The molecule has 1 aromatic heterocycles. The highest BCUT2D eigenvalue weighted by molar-refractivity contribution is 8.00. The molecule has 1 aliphatic rings. The maximum Gasteiger partial charge on any atom is 0.255 e. The van der Waals surface area contributed by atoms with Gasteiger partial charge in [0, 0.05) is 21.0 Å². The van der Waals surface area contributed by atoms with Crippen molar-refractivity contribution >= 4 is 45.6 Å². The van der Waals surface area contributed by atoms with Crippen molar-refractivity contribution in [2.45, 2.75) is 70.4 Å². The van der Waals surface area contributed by atoms with Gasteiger partial charge in [-0.25, -0.2) is 0 Å². The zero-order chi connectivity index (χ0) is 27.4. The molecule has 0 aliphatic heterocycles. The molecular formula is C31H35N3O2S2. The summed E-state index contributed by atoms with van der Waals surface area (Å²) in [6, 6.07) is 17.4. The summed E-state index contributed by atoms with van der Waals surface area (Å²) in [5.74, 6) is 0.301. The van der Waals surface area contributed by atoms with Gasteiger partial charge in [0.1, 0.15) is 11.1 Å². The topological polar surface area (TPSA) is 82.0 Å². The summed E-state index contributed by atoms with van der Waals surface area (Å²) >= 11 is 3.03. The zero-order valence-electron chi connectivity index (χ0n) is 22.7. The summed E-state index contributed by atoms with van der Waals surface area (Å²) in [7, 11) is 0. The Hall–Kier alpha value is -3.08. The number of hydrogen-bond donors (Lipinski definition) is 2. The molecule has 2 aromatic carbocycles. The molecule has 0 bridgehead atoms. The van der Waals surface area contributed by atoms with Crippen LogP contribution in [0.25, 0.3) is 0 Å². The van der Waals surface area contributed by atoms with Crippen LogP contribution in [-0.4, -0.2) is 17.1 Å². The van der Waals surface area contributed by atoms with Crippen LogP contribution in [0, 0.1) is 29.6 Å². The van der Waals surface area contributed by atoms with E-state index in [4.69, 9.17) is 0 Å². The molecule has 1 aliphatic carbocycles. The Labute approximate surface area is 234 Å². The van der Waals surface area contributed by atoms with Crippen molar-refractivity contribution < 1.29 is 9.59 Å². The third-order valence-electron chi connectivity index (χ3n) is 7.15. The number of aryl methyl sites for hydroxylation is 1. The number of thiophene rings is 1. The number of carbonyl (C=O) groups excluding carboxylic acids is 2. The van der Waals surface area contributed by atoms with E-state index < -0.39 is 0 Å². The number of nitriles is 1. The van der Waals surface area contributed by atoms with E-state index in [1.807, 2.05) is 56.3 Å². The fourth-order valence-electron chi connectivity index (χ4n) is 4.85. The van der Waals surface area contributed by atoms with Gasteiger partial charge in [-0.2, -0.15) is 5.26 Å². The lowest BCUT2D eigenvalue weighted by Gasteiger charge is -2.33. The highest BCUT2D eigenvalue weighted by atomic mass is 32.2. The minimum absolute atomic E-state index is 0.103. The van der Waals surface area contributed by atoms with Crippen LogP contribution >= 0.6 is 23.1 Å². The Bertz CT molecular complexity index is 1380. The SMILES string of the molecule is CCC(Sc1cccc(NC(=O)c2cccc(C)c2)c1)C(=O)Nc1sc2c(c1C#N)CCC(C(C)(C)C)C2. The highest BCUT2D eigenvalue weighted by Gasteiger charge is 2.33. The largest absolute Gasteiger partial charge is 0.322 e. The number of nitrogens with zero attached hydrogens (tertiary/aromatic N) is 1. The van der Waals surface area contributed by atoms with Crippen molar-refractivity contribution in [3.63, 3.8) is 0 Å². The van der Waals surface area contributed by atoms with Gasteiger partial charge in [0.15, 0.2) is 0 Å². The summed E-state index contributed by atoms with van der Waals surface area (Å²) in [5, 5.41) is 16.3. The number of rotatable bonds is 7. The number of benzene rings is 2. The van der Waals surface area contributed by atoms with Gasteiger partial charge in [0.25, 0.3) is 5.91 Å². The molecule has 2 atom stereocenters.